The van der Waals surface area contributed by atoms with E-state index in [2.05, 4.69) is 24.0 Å². The number of hydrogen-bond donors (Lipinski definition) is 1. The lowest BCUT2D eigenvalue weighted by atomic mass is 9.76. The van der Waals surface area contributed by atoms with E-state index in [0.717, 1.165) is 25.4 Å². The third-order valence-electron chi connectivity index (χ3n) is 4.87. The zero-order chi connectivity index (χ0) is 14.2. The van der Waals surface area contributed by atoms with Crippen LogP contribution >= 0.6 is 0 Å². The van der Waals surface area contributed by atoms with E-state index in [1.807, 2.05) is 18.2 Å². The fourth-order valence-corrected chi connectivity index (χ4v) is 3.69. The fourth-order valence-electron chi connectivity index (χ4n) is 3.69. The molecule has 1 heterocycles. The van der Waals surface area contributed by atoms with Crippen molar-refractivity contribution in [2.45, 2.75) is 32.7 Å². The zero-order valence-electron chi connectivity index (χ0n) is 12.1. The van der Waals surface area contributed by atoms with Gasteiger partial charge < -0.3 is 5.11 Å². The van der Waals surface area contributed by atoms with Crippen LogP contribution in [0.1, 0.15) is 31.7 Å². The molecule has 0 aromatic heterocycles. The average Bonchev–Trinajstić information content (AvgIpc) is 3.13. The minimum absolute atomic E-state index is 0.0538. The standard InChI is InChI=1S/C17H23NO2/c1-17(9-13-7-8-13)12-18(11-15(17)16(19)20)10-14-5-3-2-4-6-14/h2-6,13,15H,7-12H2,1H3,(H,19,20). The van der Waals surface area contributed by atoms with E-state index in [1.165, 1.54) is 18.4 Å². The number of nitrogens with zero attached hydrogens (tertiary/aromatic N) is 1. The molecule has 1 saturated heterocycles. The summed E-state index contributed by atoms with van der Waals surface area (Å²) in [6.45, 7) is 4.64. The van der Waals surface area contributed by atoms with E-state index < -0.39 is 5.97 Å². The Bertz CT molecular complexity index is 483. The topological polar surface area (TPSA) is 40.5 Å². The van der Waals surface area contributed by atoms with E-state index >= 15 is 0 Å². The number of likely N-dealkylation sites (tertiary alicyclic amines) is 1. The Kier molecular flexibility index (Phi) is 3.55. The van der Waals surface area contributed by atoms with Crippen molar-refractivity contribution in [1.29, 1.82) is 0 Å². The first-order chi connectivity index (χ1) is 9.57. The summed E-state index contributed by atoms with van der Waals surface area (Å²) in [6.07, 6.45) is 3.66. The summed E-state index contributed by atoms with van der Waals surface area (Å²) in [7, 11) is 0. The van der Waals surface area contributed by atoms with Crippen LogP contribution in [0.2, 0.25) is 0 Å². The van der Waals surface area contributed by atoms with Crippen LogP contribution < -0.4 is 0 Å². The maximum Gasteiger partial charge on any atom is 0.308 e. The van der Waals surface area contributed by atoms with Gasteiger partial charge >= 0.3 is 5.97 Å². The third-order valence-corrected chi connectivity index (χ3v) is 4.87. The first-order valence-corrected chi connectivity index (χ1v) is 7.56. The van der Waals surface area contributed by atoms with Gasteiger partial charge in [-0.2, -0.15) is 0 Å². The Morgan fingerprint density at radius 2 is 2.05 bits per heavy atom. The molecule has 2 fully saturated rings. The first kappa shape index (κ1) is 13.6. The van der Waals surface area contributed by atoms with Crippen molar-refractivity contribution in [2.24, 2.45) is 17.3 Å². The summed E-state index contributed by atoms with van der Waals surface area (Å²) in [6, 6.07) is 10.3. The SMILES string of the molecule is CC1(CC2CC2)CN(Cc2ccccc2)CC1C(=O)O. The molecule has 1 saturated carbocycles. The molecular weight excluding hydrogens is 250 g/mol. The molecule has 1 aliphatic carbocycles. The van der Waals surface area contributed by atoms with Crippen LogP contribution in [0.5, 0.6) is 0 Å². The number of rotatable bonds is 5. The Labute approximate surface area is 120 Å². The Morgan fingerprint density at radius 1 is 1.35 bits per heavy atom. The molecule has 1 aromatic carbocycles. The molecule has 20 heavy (non-hydrogen) atoms. The highest BCUT2D eigenvalue weighted by Gasteiger charge is 2.48. The highest BCUT2D eigenvalue weighted by molar-refractivity contribution is 5.72. The number of aliphatic carboxylic acids is 1. The van der Waals surface area contributed by atoms with E-state index in [4.69, 9.17) is 0 Å². The van der Waals surface area contributed by atoms with Gasteiger partial charge in [-0.3, -0.25) is 9.69 Å². The number of carboxylic acid groups (broad SMARTS) is 1. The van der Waals surface area contributed by atoms with Crippen molar-refractivity contribution in [3.63, 3.8) is 0 Å². The second kappa shape index (κ2) is 5.21. The Hall–Kier alpha value is -1.35. The van der Waals surface area contributed by atoms with E-state index in [0.29, 0.717) is 6.54 Å². The van der Waals surface area contributed by atoms with Crippen molar-refractivity contribution in [1.82, 2.24) is 4.90 Å². The van der Waals surface area contributed by atoms with Gasteiger partial charge in [0.25, 0.3) is 0 Å². The largest absolute Gasteiger partial charge is 0.481 e. The summed E-state index contributed by atoms with van der Waals surface area (Å²) in [4.78, 5) is 13.9. The molecule has 108 valence electrons. The summed E-state index contributed by atoms with van der Waals surface area (Å²) in [5.41, 5.74) is 1.22. The van der Waals surface area contributed by atoms with Gasteiger partial charge in [-0.05, 0) is 23.3 Å². The quantitative estimate of drug-likeness (QED) is 0.896. The molecular formula is C17H23NO2. The van der Waals surface area contributed by atoms with Crippen LogP contribution in [0.25, 0.3) is 0 Å². The van der Waals surface area contributed by atoms with E-state index in [9.17, 15) is 9.90 Å². The second-order valence-corrected chi connectivity index (χ2v) is 6.85. The molecule has 2 unspecified atom stereocenters. The van der Waals surface area contributed by atoms with Crippen molar-refractivity contribution in [2.75, 3.05) is 13.1 Å². The summed E-state index contributed by atoms with van der Waals surface area (Å²) >= 11 is 0. The molecule has 3 nitrogen and oxygen atoms in total. The fraction of sp³-hybridized carbons (Fsp3) is 0.588. The molecule has 3 rings (SSSR count). The van der Waals surface area contributed by atoms with Gasteiger partial charge in [-0.25, -0.2) is 0 Å². The highest BCUT2D eigenvalue weighted by atomic mass is 16.4. The Balaban J connectivity index is 1.70. The lowest BCUT2D eigenvalue weighted by Gasteiger charge is -2.28. The van der Waals surface area contributed by atoms with E-state index in [1.54, 1.807) is 0 Å². The Morgan fingerprint density at radius 3 is 2.65 bits per heavy atom. The molecule has 0 bridgehead atoms. The van der Waals surface area contributed by atoms with E-state index in [-0.39, 0.29) is 11.3 Å². The smallest absolute Gasteiger partial charge is 0.308 e. The van der Waals surface area contributed by atoms with Crippen LogP contribution in [0.3, 0.4) is 0 Å². The highest BCUT2D eigenvalue weighted by Crippen LogP contribution is 2.47. The summed E-state index contributed by atoms with van der Waals surface area (Å²) in [5.74, 6) is -0.0611. The molecule has 3 heteroatoms. The molecule has 2 aliphatic rings. The molecule has 1 aliphatic heterocycles. The first-order valence-electron chi connectivity index (χ1n) is 7.56. The molecule has 2 atom stereocenters. The van der Waals surface area contributed by atoms with Crippen LogP contribution in [0, 0.1) is 17.3 Å². The molecule has 0 spiro atoms. The normalized spacial score (nSPS) is 30.6. The summed E-state index contributed by atoms with van der Waals surface area (Å²) in [5, 5.41) is 9.54. The van der Waals surface area contributed by atoms with Gasteiger partial charge in [0.05, 0.1) is 5.92 Å². The minimum atomic E-state index is -0.622. The van der Waals surface area contributed by atoms with Gasteiger partial charge in [0, 0.05) is 19.6 Å². The predicted molar refractivity (Wildman–Crippen MR) is 78.3 cm³/mol. The molecule has 0 radical (unpaired) electrons. The maximum absolute atomic E-state index is 11.6. The van der Waals surface area contributed by atoms with Crippen molar-refractivity contribution in [3.05, 3.63) is 35.9 Å². The monoisotopic (exact) mass is 273 g/mol. The lowest BCUT2D eigenvalue weighted by Crippen LogP contribution is -2.32. The van der Waals surface area contributed by atoms with Crippen molar-refractivity contribution < 1.29 is 9.90 Å². The minimum Gasteiger partial charge on any atom is -0.481 e. The summed E-state index contributed by atoms with van der Waals surface area (Å²) < 4.78 is 0. The molecule has 1 N–H and O–H groups in total. The predicted octanol–water partition coefficient (Wildman–Crippen LogP) is 3.01. The van der Waals surface area contributed by atoms with Crippen molar-refractivity contribution >= 4 is 5.97 Å². The van der Waals surface area contributed by atoms with Crippen LogP contribution in [0.4, 0.5) is 0 Å². The van der Waals surface area contributed by atoms with Gasteiger partial charge in [0.15, 0.2) is 0 Å². The maximum atomic E-state index is 11.6. The second-order valence-electron chi connectivity index (χ2n) is 6.85. The number of carbonyl (C=O) groups is 1. The third kappa shape index (κ3) is 2.88. The lowest BCUT2D eigenvalue weighted by molar-refractivity contribution is -0.144. The number of benzene rings is 1. The van der Waals surface area contributed by atoms with Crippen LogP contribution in [0.15, 0.2) is 30.3 Å². The number of hydrogen-bond acceptors (Lipinski definition) is 2. The molecule has 0 amide bonds. The van der Waals surface area contributed by atoms with Crippen molar-refractivity contribution in [3.8, 4) is 0 Å². The van der Waals surface area contributed by atoms with Gasteiger partial charge in [-0.15, -0.1) is 0 Å². The average molecular weight is 273 g/mol. The van der Waals surface area contributed by atoms with Crippen LogP contribution in [-0.4, -0.2) is 29.1 Å². The van der Waals surface area contributed by atoms with Gasteiger partial charge in [-0.1, -0.05) is 50.1 Å². The zero-order valence-corrected chi connectivity index (χ0v) is 12.1. The van der Waals surface area contributed by atoms with Crippen LogP contribution in [-0.2, 0) is 11.3 Å². The molecule has 1 aromatic rings. The van der Waals surface area contributed by atoms with Gasteiger partial charge in [0.1, 0.15) is 0 Å². The number of carboxylic acids is 1. The van der Waals surface area contributed by atoms with Gasteiger partial charge in [0.2, 0.25) is 0 Å².